The molecule has 2 aliphatic heterocycles. The summed E-state index contributed by atoms with van der Waals surface area (Å²) in [5.41, 5.74) is 3.81. The summed E-state index contributed by atoms with van der Waals surface area (Å²) >= 11 is 0. The first-order valence-corrected chi connectivity index (χ1v) is 13.6. The second kappa shape index (κ2) is 9.84. The molecule has 2 amide bonds. The van der Waals surface area contributed by atoms with Gasteiger partial charge in [-0.05, 0) is 57.5 Å². The van der Waals surface area contributed by atoms with E-state index in [-0.39, 0.29) is 11.9 Å². The van der Waals surface area contributed by atoms with Gasteiger partial charge in [-0.25, -0.2) is 13.9 Å². The first-order valence-electron chi connectivity index (χ1n) is 12.1. The number of sulfone groups is 1. The number of carbonyl (C=O) groups excluding carboxylic acids is 2. The Balaban J connectivity index is 1.48. The van der Waals surface area contributed by atoms with Crippen molar-refractivity contribution in [3.63, 3.8) is 0 Å². The van der Waals surface area contributed by atoms with Crippen molar-refractivity contribution in [2.75, 3.05) is 24.5 Å². The monoisotopic (exact) mass is 514 g/mol. The highest BCUT2D eigenvalue weighted by atomic mass is 32.2. The highest BCUT2D eigenvalue weighted by Gasteiger charge is 2.43. The van der Waals surface area contributed by atoms with Crippen molar-refractivity contribution >= 4 is 27.3 Å². The number of hydrogen-bond donors (Lipinski definition) is 3. The smallest absolute Gasteiger partial charge is 0.251 e. The molecule has 0 radical (unpaired) electrons. The normalized spacial score (nSPS) is 22.8. The minimum atomic E-state index is -3.44. The van der Waals surface area contributed by atoms with Crippen molar-refractivity contribution in [1.29, 1.82) is 0 Å². The number of nitrogens with one attached hydrogen (secondary N) is 2. The van der Waals surface area contributed by atoms with Crippen LogP contribution in [0.4, 0.5) is 5.69 Å². The van der Waals surface area contributed by atoms with E-state index < -0.39 is 32.5 Å². The van der Waals surface area contributed by atoms with Gasteiger partial charge in [-0.3, -0.25) is 19.7 Å². The van der Waals surface area contributed by atoms with Gasteiger partial charge in [0.25, 0.3) is 5.91 Å². The van der Waals surface area contributed by atoms with E-state index in [1.807, 2.05) is 38.1 Å². The Morgan fingerprint density at radius 3 is 2.39 bits per heavy atom. The molecule has 10 heteroatoms. The molecule has 2 atom stereocenters. The molecule has 36 heavy (non-hydrogen) atoms. The van der Waals surface area contributed by atoms with Crippen LogP contribution in [0.15, 0.2) is 53.4 Å². The molecule has 0 aromatic heterocycles. The van der Waals surface area contributed by atoms with Gasteiger partial charge in [0.1, 0.15) is 0 Å². The van der Waals surface area contributed by atoms with E-state index in [9.17, 15) is 18.0 Å². The van der Waals surface area contributed by atoms with Gasteiger partial charge in [0.15, 0.2) is 9.84 Å². The zero-order valence-corrected chi connectivity index (χ0v) is 21.9. The number of nitrogens with zero attached hydrogens (tertiary/aromatic N) is 2. The van der Waals surface area contributed by atoms with Gasteiger partial charge < -0.3 is 10.2 Å². The molecule has 9 nitrogen and oxygen atoms in total. The maximum absolute atomic E-state index is 13.0. The lowest BCUT2D eigenvalue weighted by Crippen LogP contribution is -2.48. The average molecular weight is 515 g/mol. The fraction of sp³-hybridized carbons (Fsp3) is 0.462. The summed E-state index contributed by atoms with van der Waals surface area (Å²) in [6.45, 7) is 9.37. The summed E-state index contributed by atoms with van der Waals surface area (Å²) in [5, 5.41) is 12.1. The molecule has 194 valence electrons. The van der Waals surface area contributed by atoms with Crippen LogP contribution >= 0.6 is 0 Å². The predicted octanol–water partition coefficient (Wildman–Crippen LogP) is 2.20. The van der Waals surface area contributed by atoms with E-state index in [4.69, 9.17) is 5.21 Å². The van der Waals surface area contributed by atoms with E-state index in [0.717, 1.165) is 5.56 Å². The second-order valence-corrected chi connectivity index (χ2v) is 13.0. The Morgan fingerprint density at radius 2 is 1.75 bits per heavy atom. The van der Waals surface area contributed by atoms with Gasteiger partial charge in [-0.15, -0.1) is 0 Å². The third-order valence-corrected chi connectivity index (χ3v) is 9.73. The summed E-state index contributed by atoms with van der Waals surface area (Å²) in [7, 11) is -3.44. The van der Waals surface area contributed by atoms with Crippen LogP contribution in [0.1, 0.15) is 43.6 Å². The minimum absolute atomic E-state index is 0.208. The van der Waals surface area contributed by atoms with Crippen molar-refractivity contribution in [2.45, 2.75) is 56.0 Å². The molecule has 0 spiro atoms. The van der Waals surface area contributed by atoms with E-state index in [1.165, 1.54) is 0 Å². The SMILES string of the molecule is CC(C)N1C[C@H](C(=O)NO)[C@H](NC(=O)c2ccc(CN3CC(C)(C)S(=O)(=O)c4ccccc43)cc2)C1. The van der Waals surface area contributed by atoms with Crippen LogP contribution in [0.2, 0.25) is 0 Å². The molecule has 0 saturated carbocycles. The van der Waals surface area contributed by atoms with E-state index >= 15 is 0 Å². The molecule has 2 aromatic carbocycles. The standard InChI is InChI=1S/C26H34N4O5S/c1-17(2)29-14-20(25(32)28-33)21(15-29)27-24(31)19-11-9-18(10-12-19)13-30-16-26(3,4)36(34,35)23-8-6-5-7-22(23)30/h5-12,17,20-21,33H,13-16H2,1-4H3,(H,27,31)(H,28,32)/t20-,21+/m0/s1. The summed E-state index contributed by atoms with van der Waals surface area (Å²) in [4.78, 5) is 29.6. The molecule has 0 bridgehead atoms. The average Bonchev–Trinajstić information content (AvgIpc) is 3.26. The van der Waals surface area contributed by atoms with Gasteiger partial charge in [0, 0.05) is 37.8 Å². The highest BCUT2D eigenvalue weighted by Crippen LogP contribution is 2.39. The van der Waals surface area contributed by atoms with Crippen LogP contribution in [0.3, 0.4) is 0 Å². The molecular formula is C26H34N4O5S. The molecule has 1 fully saturated rings. The van der Waals surface area contributed by atoms with Crippen molar-refractivity contribution in [1.82, 2.24) is 15.7 Å². The summed E-state index contributed by atoms with van der Waals surface area (Å²) in [5.74, 6) is -1.34. The van der Waals surface area contributed by atoms with Gasteiger partial charge in [0.05, 0.1) is 27.3 Å². The van der Waals surface area contributed by atoms with E-state index in [1.54, 1.807) is 43.6 Å². The molecule has 1 saturated heterocycles. The second-order valence-electron chi connectivity index (χ2n) is 10.5. The van der Waals surface area contributed by atoms with Crippen LogP contribution in [-0.4, -0.2) is 66.8 Å². The number of anilines is 1. The largest absolute Gasteiger partial charge is 0.365 e. The minimum Gasteiger partial charge on any atom is -0.365 e. The number of benzene rings is 2. The lowest BCUT2D eigenvalue weighted by molar-refractivity contribution is -0.133. The Bertz CT molecular complexity index is 1240. The summed E-state index contributed by atoms with van der Waals surface area (Å²) in [6, 6.07) is 14.0. The number of carbonyl (C=O) groups is 2. The van der Waals surface area contributed by atoms with Crippen molar-refractivity contribution < 1.29 is 23.2 Å². The van der Waals surface area contributed by atoms with Crippen LogP contribution in [0.25, 0.3) is 0 Å². The lowest BCUT2D eigenvalue weighted by Gasteiger charge is -2.40. The number of rotatable bonds is 6. The van der Waals surface area contributed by atoms with E-state index in [0.29, 0.717) is 42.3 Å². The number of hydrogen-bond acceptors (Lipinski definition) is 7. The van der Waals surface area contributed by atoms with Gasteiger partial charge >= 0.3 is 0 Å². The molecule has 0 unspecified atom stereocenters. The third kappa shape index (κ3) is 4.85. The molecule has 4 rings (SSSR count). The van der Waals surface area contributed by atoms with Crippen LogP contribution in [0.5, 0.6) is 0 Å². The predicted molar refractivity (Wildman–Crippen MR) is 137 cm³/mol. The lowest BCUT2D eigenvalue weighted by atomic mass is 10.0. The van der Waals surface area contributed by atoms with Gasteiger partial charge in [0.2, 0.25) is 5.91 Å². The molecule has 3 N–H and O–H groups in total. The first-order chi connectivity index (χ1) is 16.9. The Labute approximate surface area is 212 Å². The Hall–Kier alpha value is -2.95. The zero-order chi connectivity index (χ0) is 26.3. The maximum atomic E-state index is 13.0. The molecule has 2 aromatic rings. The van der Waals surface area contributed by atoms with Gasteiger partial charge in [-0.2, -0.15) is 0 Å². The highest BCUT2D eigenvalue weighted by molar-refractivity contribution is 7.93. The van der Waals surface area contributed by atoms with Crippen molar-refractivity contribution in [3.05, 3.63) is 59.7 Å². The fourth-order valence-corrected chi connectivity index (χ4v) is 6.65. The molecular weight excluding hydrogens is 480 g/mol. The molecule has 2 heterocycles. The first kappa shape index (κ1) is 26.1. The van der Waals surface area contributed by atoms with Crippen LogP contribution < -0.4 is 15.7 Å². The molecule has 0 aliphatic carbocycles. The summed E-state index contributed by atoms with van der Waals surface area (Å²) < 4.78 is 25.1. The van der Waals surface area contributed by atoms with Crippen molar-refractivity contribution in [3.8, 4) is 0 Å². The topological polar surface area (TPSA) is 119 Å². The third-order valence-electron chi connectivity index (χ3n) is 7.23. The Kier molecular flexibility index (Phi) is 7.14. The summed E-state index contributed by atoms with van der Waals surface area (Å²) in [6.07, 6.45) is 0. The fourth-order valence-electron chi connectivity index (χ4n) is 5.00. The van der Waals surface area contributed by atoms with Crippen LogP contribution in [0, 0.1) is 5.92 Å². The number of hydroxylamine groups is 1. The number of amides is 2. The number of para-hydroxylation sites is 1. The number of likely N-dealkylation sites (tertiary alicyclic amines) is 1. The van der Waals surface area contributed by atoms with Crippen molar-refractivity contribution in [2.24, 2.45) is 5.92 Å². The Morgan fingerprint density at radius 1 is 1.08 bits per heavy atom. The number of fused-ring (bicyclic) bond motifs is 1. The quantitative estimate of drug-likeness (QED) is 0.399. The maximum Gasteiger partial charge on any atom is 0.251 e. The molecule has 2 aliphatic rings. The zero-order valence-electron chi connectivity index (χ0n) is 21.1. The van der Waals surface area contributed by atoms with Crippen LogP contribution in [-0.2, 0) is 21.2 Å². The van der Waals surface area contributed by atoms with Gasteiger partial charge in [-0.1, -0.05) is 24.3 Å². The van der Waals surface area contributed by atoms with E-state index in [2.05, 4.69) is 15.1 Å².